The number of hydrogen-bond donors (Lipinski definition) is 0. The minimum atomic E-state index is -0.734. The molecule has 5 aromatic rings. The largest absolute Gasteiger partial charge is 0.493 e. The third kappa shape index (κ3) is 3.22. The van der Waals surface area contributed by atoms with Gasteiger partial charge in [-0.3, -0.25) is 0 Å². The Bertz CT molecular complexity index is 2220. The Labute approximate surface area is 261 Å². The molecule has 0 N–H and O–H groups in total. The van der Waals surface area contributed by atoms with Crippen LogP contribution in [0.1, 0.15) is 44.5 Å². The van der Waals surface area contributed by atoms with Crippen LogP contribution in [0.3, 0.4) is 0 Å². The van der Waals surface area contributed by atoms with E-state index in [2.05, 4.69) is 71.6 Å². The Kier molecular flexibility index (Phi) is 5.51. The van der Waals surface area contributed by atoms with Gasteiger partial charge in [-0.2, -0.15) is 10.5 Å². The molecule has 0 fully saturated rings. The molecule has 0 amide bonds. The van der Waals surface area contributed by atoms with Crippen LogP contribution in [-0.4, -0.2) is 21.3 Å². The molecule has 218 valence electrons. The summed E-state index contributed by atoms with van der Waals surface area (Å²) in [7, 11) is 5.35. The highest BCUT2D eigenvalue weighted by Crippen LogP contribution is 2.65. The summed E-state index contributed by atoms with van der Waals surface area (Å²) in [6.07, 6.45) is 0. The molecule has 1 aliphatic carbocycles. The van der Waals surface area contributed by atoms with Crippen LogP contribution in [0, 0.1) is 36.5 Å². The highest BCUT2D eigenvalue weighted by Gasteiger charge is 2.52. The Hall–Kier alpha value is -5.92. The predicted octanol–water partition coefficient (Wildman–Crippen LogP) is 8.41. The molecule has 0 radical (unpaired) electrons. The first-order valence-electron chi connectivity index (χ1n) is 14.6. The fourth-order valence-corrected chi connectivity index (χ4v) is 7.45. The van der Waals surface area contributed by atoms with Crippen molar-refractivity contribution in [2.24, 2.45) is 0 Å². The van der Waals surface area contributed by atoms with Crippen molar-refractivity contribution in [2.45, 2.75) is 19.3 Å². The maximum Gasteiger partial charge on any atom is 0.189 e. The first-order chi connectivity index (χ1) is 21.9. The van der Waals surface area contributed by atoms with Crippen molar-refractivity contribution in [1.29, 1.82) is 10.5 Å². The lowest BCUT2D eigenvalue weighted by Crippen LogP contribution is -2.36. The number of fused-ring (bicyclic) bond motifs is 11. The molecular weight excluding hydrogens is 562 g/mol. The Morgan fingerprint density at radius 1 is 0.644 bits per heavy atom. The smallest absolute Gasteiger partial charge is 0.189 e. The van der Waals surface area contributed by atoms with Crippen LogP contribution in [0.4, 0.5) is 11.4 Å². The van der Waals surface area contributed by atoms with Crippen LogP contribution in [0.15, 0.2) is 72.8 Å². The van der Waals surface area contributed by atoms with Crippen molar-refractivity contribution in [3.63, 3.8) is 0 Å². The SMILES string of the molecule is COc1cc2c(cc1OC)C1(c3ccccc3-2)c2ccccc2N(C)c2cc3c(cc21)Oc1c(C#N)c(C)c(C)c(C#N)c1O3. The van der Waals surface area contributed by atoms with Crippen molar-refractivity contribution in [3.05, 3.63) is 117 Å². The van der Waals surface area contributed by atoms with E-state index < -0.39 is 5.41 Å². The van der Waals surface area contributed by atoms with Gasteiger partial charge in [0.05, 0.1) is 19.6 Å². The van der Waals surface area contributed by atoms with Gasteiger partial charge in [-0.25, -0.2) is 0 Å². The Balaban J connectivity index is 1.48. The highest BCUT2D eigenvalue weighted by molar-refractivity contribution is 5.94. The average molecular weight is 590 g/mol. The Morgan fingerprint density at radius 2 is 1.22 bits per heavy atom. The van der Waals surface area contributed by atoms with Crippen LogP contribution in [0.2, 0.25) is 0 Å². The molecule has 0 saturated heterocycles. The van der Waals surface area contributed by atoms with Crippen molar-refractivity contribution in [3.8, 4) is 57.8 Å². The number of para-hydroxylation sites is 1. The number of anilines is 2. The molecule has 1 spiro atoms. The molecule has 1 unspecified atom stereocenters. The number of ether oxygens (including phenoxy) is 4. The standard InChI is InChI=1S/C38H27N3O4/c1-20-21(2)25(19-40)37-36(24(20)18-39)44-34-16-29-31(17-35(34)45-37)41(3)30-13-9-8-12-27(30)38(29)26-11-7-6-10-22(26)23-14-32(42-4)33(43-5)15-28(23)38/h6-17H,1-5H3. The van der Waals surface area contributed by atoms with E-state index in [1.807, 2.05) is 39.1 Å². The summed E-state index contributed by atoms with van der Waals surface area (Å²) < 4.78 is 24.6. The molecule has 1 atom stereocenters. The van der Waals surface area contributed by atoms with E-state index in [0.29, 0.717) is 45.3 Å². The maximum atomic E-state index is 10.1. The van der Waals surface area contributed by atoms with Gasteiger partial charge in [0.1, 0.15) is 23.3 Å². The molecule has 2 heterocycles. The zero-order valence-corrected chi connectivity index (χ0v) is 25.4. The number of benzene rings is 5. The monoisotopic (exact) mass is 589 g/mol. The number of nitrogens with zero attached hydrogens (tertiary/aromatic N) is 3. The van der Waals surface area contributed by atoms with E-state index in [-0.39, 0.29) is 11.5 Å². The molecule has 45 heavy (non-hydrogen) atoms. The van der Waals surface area contributed by atoms with Gasteiger partial charge in [0.25, 0.3) is 0 Å². The second-order valence-corrected chi connectivity index (χ2v) is 11.5. The van der Waals surface area contributed by atoms with Crippen molar-refractivity contribution >= 4 is 11.4 Å². The van der Waals surface area contributed by atoms with E-state index in [4.69, 9.17) is 18.9 Å². The lowest BCUT2D eigenvalue weighted by atomic mass is 9.64. The fraction of sp³-hybridized carbons (Fsp3) is 0.158. The maximum absolute atomic E-state index is 10.1. The third-order valence-corrected chi connectivity index (χ3v) is 9.67. The van der Waals surface area contributed by atoms with Gasteiger partial charge in [0.15, 0.2) is 34.5 Å². The van der Waals surface area contributed by atoms with Gasteiger partial charge >= 0.3 is 0 Å². The molecule has 0 aromatic heterocycles. The third-order valence-electron chi connectivity index (χ3n) is 9.67. The van der Waals surface area contributed by atoms with Crippen molar-refractivity contribution < 1.29 is 18.9 Å². The van der Waals surface area contributed by atoms with Gasteiger partial charge in [0.2, 0.25) is 0 Å². The van der Waals surface area contributed by atoms with Crippen LogP contribution in [0.25, 0.3) is 11.1 Å². The second kappa shape index (κ2) is 9.29. The first kappa shape index (κ1) is 26.7. The molecular formula is C38H27N3O4. The molecule has 8 rings (SSSR count). The zero-order valence-electron chi connectivity index (χ0n) is 25.4. The first-order valence-corrected chi connectivity index (χ1v) is 14.6. The molecule has 5 aromatic carbocycles. The van der Waals surface area contributed by atoms with Gasteiger partial charge in [-0.1, -0.05) is 42.5 Å². The van der Waals surface area contributed by atoms with E-state index >= 15 is 0 Å². The van der Waals surface area contributed by atoms with Crippen molar-refractivity contribution in [1.82, 2.24) is 0 Å². The highest BCUT2D eigenvalue weighted by atomic mass is 16.6. The van der Waals surface area contributed by atoms with Gasteiger partial charge in [0, 0.05) is 24.5 Å². The zero-order chi connectivity index (χ0) is 31.2. The van der Waals surface area contributed by atoms with Gasteiger partial charge in [-0.05, 0) is 82.6 Å². The summed E-state index contributed by atoms with van der Waals surface area (Å²) in [5, 5.41) is 20.2. The summed E-state index contributed by atoms with van der Waals surface area (Å²) in [4.78, 5) is 2.17. The topological polar surface area (TPSA) is 87.7 Å². The summed E-state index contributed by atoms with van der Waals surface area (Å²) in [6, 6.07) is 29.6. The van der Waals surface area contributed by atoms with E-state index in [1.165, 1.54) is 0 Å². The predicted molar refractivity (Wildman–Crippen MR) is 170 cm³/mol. The van der Waals surface area contributed by atoms with Crippen molar-refractivity contribution in [2.75, 3.05) is 26.2 Å². The summed E-state index contributed by atoms with van der Waals surface area (Å²) in [6.45, 7) is 3.66. The van der Waals surface area contributed by atoms with E-state index in [0.717, 1.165) is 44.8 Å². The lowest BCUT2D eigenvalue weighted by molar-refractivity contribution is 0.354. The van der Waals surface area contributed by atoms with Crippen LogP contribution >= 0.6 is 0 Å². The average Bonchev–Trinajstić information content (AvgIpc) is 3.35. The summed E-state index contributed by atoms with van der Waals surface area (Å²) in [5.41, 5.74) is 9.84. The van der Waals surface area contributed by atoms with E-state index in [1.54, 1.807) is 14.2 Å². The molecule has 7 nitrogen and oxygen atoms in total. The number of rotatable bonds is 2. The molecule has 2 aliphatic heterocycles. The molecule has 3 aliphatic rings. The van der Waals surface area contributed by atoms with Crippen LogP contribution in [0.5, 0.6) is 34.5 Å². The minimum absolute atomic E-state index is 0.266. The second-order valence-electron chi connectivity index (χ2n) is 11.5. The molecule has 0 saturated carbocycles. The summed E-state index contributed by atoms with van der Waals surface area (Å²) in [5.74, 6) is 2.79. The molecule has 7 heteroatoms. The Morgan fingerprint density at radius 3 is 1.87 bits per heavy atom. The quantitative estimate of drug-likeness (QED) is 0.200. The van der Waals surface area contributed by atoms with Crippen LogP contribution < -0.4 is 23.8 Å². The normalized spacial score (nSPS) is 16.0. The molecule has 0 bridgehead atoms. The van der Waals surface area contributed by atoms with Gasteiger partial charge < -0.3 is 23.8 Å². The number of hydrogen-bond acceptors (Lipinski definition) is 7. The van der Waals surface area contributed by atoms with Gasteiger partial charge in [-0.15, -0.1) is 0 Å². The van der Waals surface area contributed by atoms with Crippen LogP contribution in [-0.2, 0) is 5.41 Å². The lowest BCUT2D eigenvalue weighted by Gasteiger charge is -2.44. The number of methoxy groups -OCH3 is 2. The fourth-order valence-electron chi connectivity index (χ4n) is 7.45. The number of nitriles is 2. The summed E-state index contributed by atoms with van der Waals surface area (Å²) >= 11 is 0. The van der Waals surface area contributed by atoms with E-state index in [9.17, 15) is 10.5 Å². The minimum Gasteiger partial charge on any atom is -0.493 e.